The average molecular weight is 459 g/mol. The molecule has 2 fully saturated rings. The fraction of sp³-hybridized carbons (Fsp3) is 0.767. The zero-order valence-corrected chi connectivity index (χ0v) is 22.5. The second-order valence-electron chi connectivity index (χ2n) is 12.1. The van der Waals surface area contributed by atoms with Crippen LogP contribution in [0.1, 0.15) is 113 Å². The molecule has 0 aromatic rings. The zero-order chi connectivity index (χ0) is 24.9. The smallest absolute Gasteiger partial charge is 0.138 e. The van der Waals surface area contributed by atoms with E-state index in [1.54, 1.807) is 0 Å². The predicted molar refractivity (Wildman–Crippen MR) is 139 cm³/mol. The van der Waals surface area contributed by atoms with E-state index in [4.69, 9.17) is 5.11 Å². The molecular formula is C30H50O3. The van der Waals surface area contributed by atoms with E-state index in [1.165, 1.54) is 11.1 Å². The number of carbonyl (C=O) groups excluding carboxylic acids is 1. The number of allylic oxidation sites excluding steroid dienone is 5. The average Bonchev–Trinajstić information content (AvgIpc) is 2.72. The van der Waals surface area contributed by atoms with Crippen molar-refractivity contribution in [1.82, 2.24) is 0 Å². The summed E-state index contributed by atoms with van der Waals surface area (Å²) in [5, 5.41) is 20.4. The molecule has 2 N–H and O–H groups in total. The molecule has 2 rings (SSSR count). The first-order valence-corrected chi connectivity index (χ1v) is 13.2. The summed E-state index contributed by atoms with van der Waals surface area (Å²) in [7, 11) is 0. The number of Topliss-reactive ketones (excluding diaryl/α,β-unsaturated/α-hetero) is 1. The Morgan fingerprint density at radius 3 is 2.03 bits per heavy atom. The van der Waals surface area contributed by atoms with Crippen LogP contribution in [0.3, 0.4) is 0 Å². The predicted octanol–water partition coefficient (Wildman–Crippen LogP) is 7.33. The summed E-state index contributed by atoms with van der Waals surface area (Å²) in [6, 6.07) is 0. The first kappa shape index (κ1) is 28.1. The molecular weight excluding hydrogens is 408 g/mol. The van der Waals surface area contributed by atoms with Gasteiger partial charge >= 0.3 is 0 Å². The van der Waals surface area contributed by atoms with E-state index in [0.29, 0.717) is 18.1 Å². The van der Waals surface area contributed by atoms with Gasteiger partial charge in [0.1, 0.15) is 5.78 Å². The van der Waals surface area contributed by atoms with Crippen LogP contribution in [0.25, 0.3) is 0 Å². The molecule has 3 heteroatoms. The van der Waals surface area contributed by atoms with Crippen LogP contribution in [-0.4, -0.2) is 28.2 Å². The third kappa shape index (κ3) is 6.92. The van der Waals surface area contributed by atoms with Gasteiger partial charge < -0.3 is 10.2 Å². The summed E-state index contributed by atoms with van der Waals surface area (Å²) in [6.07, 6.45) is 16.3. The molecule has 2 aliphatic rings. The van der Waals surface area contributed by atoms with Crippen LogP contribution in [0.2, 0.25) is 0 Å². The van der Waals surface area contributed by atoms with Gasteiger partial charge in [-0.05, 0) is 103 Å². The highest BCUT2D eigenvalue weighted by Gasteiger charge is 2.59. The summed E-state index contributed by atoms with van der Waals surface area (Å²) in [6.45, 7) is 15.2. The van der Waals surface area contributed by atoms with Gasteiger partial charge in [0, 0.05) is 11.8 Å². The molecule has 0 saturated heterocycles. The number of carbonyl (C=O) groups is 1. The van der Waals surface area contributed by atoms with Crippen molar-refractivity contribution in [2.75, 3.05) is 6.61 Å². The lowest BCUT2D eigenvalue weighted by atomic mass is 9.45. The molecule has 2 aliphatic carbocycles. The van der Waals surface area contributed by atoms with Crippen molar-refractivity contribution < 1.29 is 15.0 Å². The van der Waals surface area contributed by atoms with Gasteiger partial charge in [-0.3, -0.25) is 4.79 Å². The zero-order valence-electron chi connectivity index (χ0n) is 22.5. The maximum atomic E-state index is 12.6. The van der Waals surface area contributed by atoms with E-state index in [2.05, 4.69) is 52.8 Å². The Kier molecular flexibility index (Phi) is 9.77. The molecule has 0 heterocycles. The molecule has 2 saturated carbocycles. The number of hydrogen-bond donors (Lipinski definition) is 2. The molecule has 0 aromatic heterocycles. The molecule has 3 nitrogen and oxygen atoms in total. The monoisotopic (exact) mass is 458 g/mol. The minimum Gasteiger partial charge on any atom is -0.392 e. The Hall–Kier alpha value is -1.19. The van der Waals surface area contributed by atoms with Crippen molar-refractivity contribution in [1.29, 1.82) is 0 Å². The Morgan fingerprint density at radius 2 is 1.45 bits per heavy atom. The number of ketones is 1. The topological polar surface area (TPSA) is 57.5 Å². The van der Waals surface area contributed by atoms with Gasteiger partial charge in [0.15, 0.2) is 0 Å². The van der Waals surface area contributed by atoms with Gasteiger partial charge in [0.2, 0.25) is 0 Å². The summed E-state index contributed by atoms with van der Waals surface area (Å²) < 4.78 is 0. The fourth-order valence-electron chi connectivity index (χ4n) is 6.82. The van der Waals surface area contributed by atoms with Gasteiger partial charge in [0.25, 0.3) is 0 Å². The Bertz CT molecular complexity index is 767. The first-order chi connectivity index (χ1) is 15.3. The third-order valence-corrected chi connectivity index (χ3v) is 9.02. The normalized spacial score (nSPS) is 33.2. The van der Waals surface area contributed by atoms with Crippen molar-refractivity contribution in [3.8, 4) is 0 Å². The SMILES string of the molecule is C/C(=C\CC/C(C)=C/CC/C(C)=C/CCC1C(C)(O)CCC2C(C)(C)C(=O)CCC12C)CO. The van der Waals surface area contributed by atoms with E-state index in [9.17, 15) is 9.90 Å². The molecule has 4 unspecified atom stereocenters. The number of hydrogen-bond acceptors (Lipinski definition) is 3. The summed E-state index contributed by atoms with van der Waals surface area (Å²) in [4.78, 5) is 12.6. The lowest BCUT2D eigenvalue weighted by Crippen LogP contribution is -2.59. The van der Waals surface area contributed by atoms with Crippen LogP contribution in [0.5, 0.6) is 0 Å². The minimum absolute atomic E-state index is 0.0313. The fourth-order valence-corrected chi connectivity index (χ4v) is 6.82. The van der Waals surface area contributed by atoms with Crippen molar-refractivity contribution in [2.45, 2.75) is 118 Å². The van der Waals surface area contributed by atoms with Crippen LogP contribution in [0, 0.1) is 22.7 Å². The minimum atomic E-state index is -0.647. The van der Waals surface area contributed by atoms with E-state index in [1.807, 2.05) is 13.8 Å². The first-order valence-electron chi connectivity index (χ1n) is 13.2. The summed E-state index contributed by atoms with van der Waals surface area (Å²) in [5.74, 6) is 1.01. The molecule has 0 aliphatic heterocycles. The molecule has 0 radical (unpaired) electrons. The summed E-state index contributed by atoms with van der Waals surface area (Å²) in [5.41, 5.74) is 2.99. The largest absolute Gasteiger partial charge is 0.392 e. The Labute approximate surface area is 203 Å². The van der Waals surface area contributed by atoms with E-state index >= 15 is 0 Å². The highest BCUT2D eigenvalue weighted by Crippen LogP contribution is 2.62. The highest BCUT2D eigenvalue weighted by molar-refractivity contribution is 5.85. The molecule has 188 valence electrons. The molecule has 33 heavy (non-hydrogen) atoms. The Balaban J connectivity index is 1.93. The van der Waals surface area contributed by atoms with Crippen molar-refractivity contribution in [3.05, 3.63) is 34.9 Å². The molecule has 4 atom stereocenters. The van der Waals surface area contributed by atoms with E-state index in [-0.39, 0.29) is 23.4 Å². The summed E-state index contributed by atoms with van der Waals surface area (Å²) >= 11 is 0. The lowest BCUT2D eigenvalue weighted by Gasteiger charge is -2.60. The van der Waals surface area contributed by atoms with Crippen molar-refractivity contribution >= 4 is 5.78 Å². The van der Waals surface area contributed by atoms with Crippen LogP contribution in [0.15, 0.2) is 34.9 Å². The third-order valence-electron chi connectivity index (χ3n) is 9.02. The van der Waals surface area contributed by atoms with Crippen LogP contribution < -0.4 is 0 Å². The van der Waals surface area contributed by atoms with Crippen LogP contribution in [-0.2, 0) is 4.79 Å². The number of aliphatic hydroxyl groups is 2. The Morgan fingerprint density at radius 1 is 0.909 bits per heavy atom. The highest BCUT2D eigenvalue weighted by atomic mass is 16.3. The van der Waals surface area contributed by atoms with Gasteiger partial charge in [-0.15, -0.1) is 0 Å². The number of aliphatic hydroxyl groups excluding tert-OH is 1. The van der Waals surface area contributed by atoms with Gasteiger partial charge in [-0.25, -0.2) is 0 Å². The molecule has 0 aromatic carbocycles. The second-order valence-corrected chi connectivity index (χ2v) is 12.1. The maximum Gasteiger partial charge on any atom is 0.138 e. The van der Waals surface area contributed by atoms with Crippen molar-refractivity contribution in [2.24, 2.45) is 22.7 Å². The number of rotatable bonds is 10. The van der Waals surface area contributed by atoms with Crippen LogP contribution in [0.4, 0.5) is 0 Å². The van der Waals surface area contributed by atoms with Crippen LogP contribution >= 0.6 is 0 Å². The van der Waals surface area contributed by atoms with Gasteiger partial charge in [0.05, 0.1) is 12.2 Å². The van der Waals surface area contributed by atoms with Gasteiger partial charge in [-0.2, -0.15) is 0 Å². The quantitative estimate of drug-likeness (QED) is 0.337. The molecule has 0 bridgehead atoms. The van der Waals surface area contributed by atoms with Crippen molar-refractivity contribution in [3.63, 3.8) is 0 Å². The second kappa shape index (κ2) is 11.5. The maximum absolute atomic E-state index is 12.6. The van der Waals surface area contributed by atoms with E-state index < -0.39 is 5.60 Å². The number of fused-ring (bicyclic) bond motifs is 1. The van der Waals surface area contributed by atoms with Gasteiger partial charge in [-0.1, -0.05) is 55.7 Å². The van der Waals surface area contributed by atoms with E-state index in [0.717, 1.165) is 63.4 Å². The molecule has 0 amide bonds. The molecule has 0 spiro atoms. The lowest BCUT2D eigenvalue weighted by molar-refractivity contribution is -0.177. The standard InChI is InChI=1S/C30H50O3/c1-22(13-9-15-24(3)21-31)11-8-12-23(2)14-10-16-26-29(6)19-18-27(32)28(4,5)25(29)17-20-30(26,7)33/h11,14-15,25-26,31,33H,8-10,12-13,16-21H2,1-7H3/b22-11+,23-14+,24-15+.